The van der Waals surface area contributed by atoms with Gasteiger partial charge >= 0.3 is 6.09 Å². The second kappa shape index (κ2) is 19.6. The highest BCUT2D eigenvalue weighted by Gasteiger charge is 2.33. The van der Waals surface area contributed by atoms with Crippen molar-refractivity contribution >= 4 is 22.0 Å². The number of carbonyl (C=O) groups excluding carboxylic acids is 2. The Hall–Kier alpha value is -3.99. The third-order valence-corrected chi connectivity index (χ3v) is 9.49. The van der Waals surface area contributed by atoms with Crippen LogP contribution in [0.25, 0.3) is 0 Å². The summed E-state index contributed by atoms with van der Waals surface area (Å²) in [6.07, 6.45) is 3.84. The number of allylic oxidation sites excluding steroid dienone is 1. The number of rotatable bonds is 19. The fraction of sp³-hybridized carbons (Fsp3) is 0.405. The van der Waals surface area contributed by atoms with Crippen molar-refractivity contribution in [2.45, 2.75) is 64.0 Å². The zero-order chi connectivity index (χ0) is 34.1. The van der Waals surface area contributed by atoms with Crippen molar-refractivity contribution in [1.82, 2.24) is 14.9 Å². The Morgan fingerprint density at radius 2 is 1.47 bits per heavy atom. The maximum Gasteiger partial charge on any atom is 0.407 e. The lowest BCUT2D eigenvalue weighted by Crippen LogP contribution is -2.50. The van der Waals surface area contributed by atoms with E-state index in [1.165, 1.54) is 16.8 Å². The number of nitrogens with zero attached hydrogens (tertiary/aromatic N) is 1. The van der Waals surface area contributed by atoms with Crippen LogP contribution in [0.15, 0.2) is 102 Å². The number of aryl methyl sites for hydroxylation is 1. The Morgan fingerprint density at radius 1 is 0.894 bits per heavy atom. The third-order valence-electron chi connectivity index (χ3n) is 7.86. The van der Waals surface area contributed by atoms with Gasteiger partial charge in [-0.25, -0.2) is 13.2 Å². The third kappa shape index (κ3) is 12.3. The minimum absolute atomic E-state index is 0.0669. The molecule has 2 amide bonds. The molecule has 3 N–H and O–H groups in total. The lowest BCUT2D eigenvalue weighted by Gasteiger charge is -2.30. The molecule has 3 aromatic carbocycles. The molecule has 0 aliphatic rings. The smallest absolute Gasteiger partial charge is 0.407 e. The van der Waals surface area contributed by atoms with Gasteiger partial charge in [-0.3, -0.25) is 4.79 Å². The van der Waals surface area contributed by atoms with E-state index in [-0.39, 0.29) is 25.0 Å². The second-order valence-corrected chi connectivity index (χ2v) is 13.7. The van der Waals surface area contributed by atoms with Crippen molar-refractivity contribution in [2.75, 3.05) is 26.8 Å². The molecular weight excluding hydrogens is 614 g/mol. The topological polar surface area (TPSA) is 125 Å². The van der Waals surface area contributed by atoms with Crippen LogP contribution in [0, 0.1) is 5.92 Å². The summed E-state index contributed by atoms with van der Waals surface area (Å²) in [5, 5.41) is 17.2. The van der Waals surface area contributed by atoms with Crippen LogP contribution in [0.1, 0.15) is 62.1 Å². The van der Waals surface area contributed by atoms with Gasteiger partial charge in [-0.1, -0.05) is 117 Å². The molecule has 0 saturated carbocycles. The van der Waals surface area contributed by atoms with Crippen molar-refractivity contribution in [3.63, 3.8) is 0 Å². The molecule has 0 unspecified atom stereocenters. The first kappa shape index (κ1) is 37.5. The zero-order valence-corrected chi connectivity index (χ0v) is 28.4. The van der Waals surface area contributed by atoms with Crippen molar-refractivity contribution in [3.05, 3.63) is 119 Å². The van der Waals surface area contributed by atoms with E-state index in [0.717, 1.165) is 23.1 Å². The number of methoxy groups -OCH3 is 1. The first-order chi connectivity index (χ1) is 22.7. The molecule has 2 atom stereocenters. The van der Waals surface area contributed by atoms with Gasteiger partial charge in [0.1, 0.15) is 6.04 Å². The van der Waals surface area contributed by atoms with Crippen molar-refractivity contribution in [1.29, 1.82) is 0 Å². The van der Waals surface area contributed by atoms with Crippen LogP contribution in [0.4, 0.5) is 4.79 Å². The Kier molecular flexibility index (Phi) is 15.6. The summed E-state index contributed by atoms with van der Waals surface area (Å²) < 4.78 is 33.0. The van der Waals surface area contributed by atoms with E-state index in [0.29, 0.717) is 32.2 Å². The molecule has 9 nitrogen and oxygen atoms in total. The van der Waals surface area contributed by atoms with Gasteiger partial charge in [0.05, 0.1) is 13.7 Å². The van der Waals surface area contributed by atoms with Crippen molar-refractivity contribution in [2.24, 2.45) is 5.92 Å². The van der Waals surface area contributed by atoms with Gasteiger partial charge in [-0.05, 0) is 48.3 Å². The summed E-state index contributed by atoms with van der Waals surface area (Å²) in [5.41, 5.74) is 2.86. The molecule has 10 heteroatoms. The van der Waals surface area contributed by atoms with E-state index in [1.807, 2.05) is 105 Å². The molecule has 254 valence electrons. The van der Waals surface area contributed by atoms with E-state index in [9.17, 15) is 23.1 Å². The van der Waals surface area contributed by atoms with Crippen LogP contribution < -0.4 is 10.6 Å². The highest BCUT2D eigenvalue weighted by molar-refractivity contribution is 7.92. The highest BCUT2D eigenvalue weighted by atomic mass is 32.2. The van der Waals surface area contributed by atoms with Crippen LogP contribution >= 0.6 is 0 Å². The lowest BCUT2D eigenvalue weighted by molar-refractivity contribution is -0.123. The first-order valence-electron chi connectivity index (χ1n) is 16.2. The average molecular weight is 664 g/mol. The number of nitrogens with one attached hydrogen (secondary N) is 2. The Morgan fingerprint density at radius 3 is 2.00 bits per heavy atom. The summed E-state index contributed by atoms with van der Waals surface area (Å²) >= 11 is 0. The molecule has 3 rings (SSSR count). The fourth-order valence-electron chi connectivity index (χ4n) is 5.52. The number of hydrogen-bond acceptors (Lipinski definition) is 6. The molecule has 0 aliphatic heterocycles. The molecular formula is C37H49N3O6S. The normalized spacial score (nSPS) is 13.2. The molecule has 0 radical (unpaired) electrons. The standard InChI is InChI=1S/C37H49N3O6S/c1-29(2)27-40(47(44,45)26-16-14-19-30-17-7-4-8-18-30)33(28-41)24-13-15-25-38-36(42)35(39-37(43)46-3)34(31-20-9-5-10-21-31)32-22-11-6-12-23-32/h4-12,16-18,20-23,26,29,33-35,41H,13-15,19,24-25,27-28H2,1-3H3,(H,38,42)(H,39,43)/t33-,35-/m0/s1. The molecule has 0 bridgehead atoms. The largest absolute Gasteiger partial charge is 0.453 e. The first-order valence-corrected chi connectivity index (χ1v) is 17.7. The van der Waals surface area contributed by atoms with Gasteiger partial charge in [0.2, 0.25) is 15.9 Å². The molecule has 47 heavy (non-hydrogen) atoms. The number of benzene rings is 3. The van der Waals surface area contributed by atoms with Gasteiger partial charge in [0, 0.05) is 30.5 Å². The quantitative estimate of drug-likeness (QED) is 0.143. The second-order valence-electron chi connectivity index (χ2n) is 11.9. The summed E-state index contributed by atoms with van der Waals surface area (Å²) in [6, 6.07) is 27.4. The predicted octanol–water partition coefficient (Wildman–Crippen LogP) is 5.62. The number of carbonyl (C=O) groups is 2. The number of alkyl carbamates (subject to hydrolysis) is 1. The fourth-order valence-corrected chi connectivity index (χ4v) is 7.15. The van der Waals surface area contributed by atoms with Gasteiger partial charge in [0.25, 0.3) is 0 Å². The number of ether oxygens (including phenoxy) is 1. The summed E-state index contributed by atoms with van der Waals surface area (Å²) in [4.78, 5) is 25.9. The lowest BCUT2D eigenvalue weighted by atomic mass is 9.84. The number of unbranched alkanes of at least 4 members (excludes halogenated alkanes) is 1. The van der Waals surface area contributed by atoms with E-state index < -0.39 is 34.1 Å². The van der Waals surface area contributed by atoms with Gasteiger partial charge in [-0.2, -0.15) is 4.31 Å². The number of aliphatic hydroxyl groups excluding tert-OH is 1. The number of sulfonamides is 1. The molecule has 0 saturated heterocycles. The Bertz CT molecular complexity index is 1440. The Labute approximate surface area is 280 Å². The summed E-state index contributed by atoms with van der Waals surface area (Å²) in [7, 11) is -2.50. The predicted molar refractivity (Wildman–Crippen MR) is 186 cm³/mol. The number of amides is 2. The van der Waals surface area contributed by atoms with E-state index in [2.05, 4.69) is 10.6 Å². The SMILES string of the molecule is COC(=O)N[C@H](C(=O)NCCCC[C@@H](CO)N(CC(C)C)S(=O)(=O)C=CCCc1ccccc1)C(c1ccccc1)c1ccccc1. The molecule has 0 aromatic heterocycles. The van der Waals surface area contributed by atoms with Crippen molar-refractivity contribution < 1.29 is 27.9 Å². The van der Waals surface area contributed by atoms with Crippen LogP contribution in [0.3, 0.4) is 0 Å². The number of aliphatic hydroxyl groups is 1. The monoisotopic (exact) mass is 663 g/mol. The van der Waals surface area contributed by atoms with Crippen LogP contribution in [0.2, 0.25) is 0 Å². The van der Waals surface area contributed by atoms with Gasteiger partial charge in [0.15, 0.2) is 0 Å². The zero-order valence-electron chi connectivity index (χ0n) is 27.6. The molecule has 3 aromatic rings. The summed E-state index contributed by atoms with van der Waals surface area (Å²) in [6.45, 7) is 4.18. The molecule has 0 fully saturated rings. The van der Waals surface area contributed by atoms with Crippen LogP contribution in [0.5, 0.6) is 0 Å². The van der Waals surface area contributed by atoms with Gasteiger partial charge in [-0.15, -0.1) is 0 Å². The van der Waals surface area contributed by atoms with Gasteiger partial charge < -0.3 is 20.5 Å². The van der Waals surface area contributed by atoms with Crippen molar-refractivity contribution in [3.8, 4) is 0 Å². The summed E-state index contributed by atoms with van der Waals surface area (Å²) in [5.74, 6) is -0.764. The van der Waals surface area contributed by atoms with E-state index in [4.69, 9.17) is 4.74 Å². The maximum absolute atomic E-state index is 13.6. The molecule has 0 aliphatic carbocycles. The molecule has 0 spiro atoms. The minimum Gasteiger partial charge on any atom is -0.453 e. The van der Waals surface area contributed by atoms with Crippen LogP contribution in [-0.2, 0) is 26.0 Å². The van der Waals surface area contributed by atoms with E-state index in [1.54, 1.807) is 6.08 Å². The molecule has 0 heterocycles. The van der Waals surface area contributed by atoms with Crippen LogP contribution in [-0.4, -0.2) is 68.7 Å². The maximum atomic E-state index is 13.6. The minimum atomic E-state index is -3.76. The number of hydrogen-bond donors (Lipinski definition) is 3. The van der Waals surface area contributed by atoms with E-state index >= 15 is 0 Å². The Balaban J connectivity index is 1.63. The average Bonchev–Trinajstić information content (AvgIpc) is 3.08. The highest BCUT2D eigenvalue weighted by Crippen LogP contribution is 2.28.